The minimum atomic E-state index is -0.281. The summed E-state index contributed by atoms with van der Waals surface area (Å²) >= 11 is 0. The lowest BCUT2D eigenvalue weighted by Gasteiger charge is -2.27. The van der Waals surface area contributed by atoms with E-state index in [-0.39, 0.29) is 18.4 Å². The van der Waals surface area contributed by atoms with Gasteiger partial charge in [0, 0.05) is 39.8 Å². The van der Waals surface area contributed by atoms with Gasteiger partial charge >= 0.3 is 0 Å². The minimum Gasteiger partial charge on any atom is -0.395 e. The number of aliphatic hydroxyl groups is 1. The SMILES string of the molecule is CN(CCO)C1=C(c2ccccc2)C(=O)N(CCCN2CCOCC2)C1=O. The molecule has 1 saturated heterocycles. The molecule has 2 aliphatic rings. The van der Waals surface area contributed by atoms with Gasteiger partial charge in [0.15, 0.2) is 0 Å². The highest BCUT2D eigenvalue weighted by Gasteiger charge is 2.40. The second-order valence-electron chi connectivity index (χ2n) is 6.80. The van der Waals surface area contributed by atoms with Crippen LogP contribution in [0, 0.1) is 0 Å². The van der Waals surface area contributed by atoms with Crippen molar-refractivity contribution in [3.8, 4) is 0 Å². The number of nitrogens with zero attached hydrogens (tertiary/aromatic N) is 3. The van der Waals surface area contributed by atoms with E-state index in [1.165, 1.54) is 4.90 Å². The number of amides is 2. The largest absolute Gasteiger partial charge is 0.395 e. The van der Waals surface area contributed by atoms with Crippen LogP contribution in [0.25, 0.3) is 5.57 Å². The van der Waals surface area contributed by atoms with Gasteiger partial charge < -0.3 is 14.7 Å². The molecule has 7 nitrogen and oxygen atoms in total. The Balaban J connectivity index is 1.74. The zero-order chi connectivity index (χ0) is 19.2. The maximum absolute atomic E-state index is 13.0. The van der Waals surface area contributed by atoms with Crippen LogP contribution in [0.4, 0.5) is 0 Å². The number of benzene rings is 1. The fourth-order valence-electron chi connectivity index (χ4n) is 3.52. The molecule has 1 aromatic rings. The number of hydrogen-bond donors (Lipinski definition) is 1. The molecule has 0 radical (unpaired) electrons. The molecule has 0 aliphatic carbocycles. The number of morpholine rings is 1. The normalized spacial score (nSPS) is 18.5. The monoisotopic (exact) mass is 373 g/mol. The zero-order valence-corrected chi connectivity index (χ0v) is 15.8. The average molecular weight is 373 g/mol. The third-order valence-electron chi connectivity index (χ3n) is 4.98. The second kappa shape index (κ2) is 9.12. The number of ether oxygens (including phenoxy) is 1. The van der Waals surface area contributed by atoms with Crippen LogP contribution in [0.15, 0.2) is 36.0 Å². The zero-order valence-electron chi connectivity index (χ0n) is 15.8. The lowest BCUT2D eigenvalue weighted by atomic mass is 10.0. The van der Waals surface area contributed by atoms with Crippen molar-refractivity contribution >= 4 is 17.4 Å². The van der Waals surface area contributed by atoms with Gasteiger partial charge in [0.25, 0.3) is 11.8 Å². The van der Waals surface area contributed by atoms with Crippen molar-refractivity contribution < 1.29 is 19.4 Å². The van der Waals surface area contributed by atoms with Crippen LogP contribution in [0.5, 0.6) is 0 Å². The molecule has 1 N–H and O–H groups in total. The quantitative estimate of drug-likeness (QED) is 0.666. The molecule has 2 amide bonds. The van der Waals surface area contributed by atoms with Gasteiger partial charge in [-0.1, -0.05) is 30.3 Å². The van der Waals surface area contributed by atoms with E-state index in [9.17, 15) is 14.7 Å². The molecule has 7 heteroatoms. The Morgan fingerprint density at radius 3 is 2.44 bits per heavy atom. The second-order valence-corrected chi connectivity index (χ2v) is 6.80. The van der Waals surface area contributed by atoms with Gasteiger partial charge in [-0.2, -0.15) is 0 Å². The molecule has 0 atom stereocenters. The van der Waals surface area contributed by atoms with Crippen LogP contribution >= 0.6 is 0 Å². The van der Waals surface area contributed by atoms with Crippen molar-refractivity contribution in [3.05, 3.63) is 41.6 Å². The Morgan fingerprint density at radius 2 is 1.78 bits per heavy atom. The number of carbonyl (C=O) groups is 2. The molecule has 0 unspecified atom stereocenters. The molecular formula is C20H27N3O4. The summed E-state index contributed by atoms with van der Waals surface area (Å²) in [5, 5.41) is 9.27. The summed E-state index contributed by atoms with van der Waals surface area (Å²) in [6.45, 7) is 4.69. The van der Waals surface area contributed by atoms with Gasteiger partial charge in [0.1, 0.15) is 5.70 Å². The minimum absolute atomic E-state index is 0.0828. The number of carbonyl (C=O) groups excluding carboxylic acids is 2. The molecule has 0 aromatic heterocycles. The summed E-state index contributed by atoms with van der Waals surface area (Å²) in [5.41, 5.74) is 1.51. The first-order valence-corrected chi connectivity index (χ1v) is 9.41. The van der Waals surface area contributed by atoms with Gasteiger partial charge in [-0.3, -0.25) is 19.4 Å². The third-order valence-corrected chi connectivity index (χ3v) is 4.98. The van der Waals surface area contributed by atoms with Crippen LogP contribution in [0.1, 0.15) is 12.0 Å². The van der Waals surface area contributed by atoms with Gasteiger partial charge in [-0.25, -0.2) is 0 Å². The molecule has 0 bridgehead atoms. The van der Waals surface area contributed by atoms with E-state index in [2.05, 4.69) is 4.90 Å². The number of hydrogen-bond acceptors (Lipinski definition) is 6. The van der Waals surface area contributed by atoms with Gasteiger partial charge in [0.2, 0.25) is 0 Å². The Hall–Kier alpha value is -2.22. The predicted molar refractivity (Wildman–Crippen MR) is 102 cm³/mol. The van der Waals surface area contributed by atoms with Crippen LogP contribution < -0.4 is 0 Å². The van der Waals surface area contributed by atoms with Crippen molar-refractivity contribution in [2.24, 2.45) is 0 Å². The predicted octanol–water partition coefficient (Wildman–Crippen LogP) is 0.413. The van der Waals surface area contributed by atoms with Crippen molar-refractivity contribution in [2.75, 3.05) is 59.6 Å². The molecule has 2 heterocycles. The molecule has 27 heavy (non-hydrogen) atoms. The van der Waals surface area contributed by atoms with E-state index in [1.54, 1.807) is 11.9 Å². The fourth-order valence-corrected chi connectivity index (χ4v) is 3.52. The molecule has 1 fully saturated rings. The van der Waals surface area contributed by atoms with Gasteiger partial charge in [0.05, 0.1) is 25.4 Å². The standard InChI is InChI=1S/C20H27N3O4/c1-21(10-13-24)18-17(16-6-3-2-4-7-16)19(25)23(20(18)26)9-5-8-22-11-14-27-15-12-22/h2-4,6-7,24H,5,8-15H2,1H3. The number of aliphatic hydroxyl groups excluding tert-OH is 1. The summed E-state index contributed by atoms with van der Waals surface area (Å²) in [6, 6.07) is 9.26. The summed E-state index contributed by atoms with van der Waals surface area (Å²) in [6.07, 6.45) is 0.733. The number of likely N-dealkylation sites (N-methyl/N-ethyl adjacent to an activating group) is 1. The van der Waals surface area contributed by atoms with E-state index >= 15 is 0 Å². The summed E-state index contributed by atoms with van der Waals surface area (Å²) in [7, 11) is 1.73. The van der Waals surface area contributed by atoms with E-state index < -0.39 is 0 Å². The van der Waals surface area contributed by atoms with Crippen molar-refractivity contribution in [1.82, 2.24) is 14.7 Å². The topological polar surface area (TPSA) is 73.3 Å². The number of rotatable bonds is 8. The van der Waals surface area contributed by atoms with Crippen molar-refractivity contribution in [3.63, 3.8) is 0 Å². The van der Waals surface area contributed by atoms with Crippen LogP contribution in [0.3, 0.4) is 0 Å². The van der Waals surface area contributed by atoms with E-state index in [1.807, 2.05) is 30.3 Å². The molecule has 0 saturated carbocycles. The lowest BCUT2D eigenvalue weighted by Crippen LogP contribution is -2.40. The highest BCUT2D eigenvalue weighted by atomic mass is 16.5. The highest BCUT2D eigenvalue weighted by molar-refractivity contribution is 6.35. The summed E-state index contributed by atoms with van der Waals surface area (Å²) < 4.78 is 5.35. The first kappa shape index (κ1) is 19.5. The Morgan fingerprint density at radius 1 is 1.07 bits per heavy atom. The Bertz CT molecular complexity index is 698. The van der Waals surface area contributed by atoms with Crippen LogP contribution in [-0.4, -0.2) is 91.2 Å². The Labute approximate surface area is 159 Å². The smallest absolute Gasteiger partial charge is 0.277 e. The van der Waals surface area contributed by atoms with E-state index in [0.29, 0.717) is 24.4 Å². The van der Waals surface area contributed by atoms with E-state index in [0.717, 1.165) is 44.8 Å². The first-order chi connectivity index (χ1) is 13.1. The molecule has 0 spiro atoms. The summed E-state index contributed by atoms with van der Waals surface area (Å²) in [5.74, 6) is -0.537. The van der Waals surface area contributed by atoms with Gasteiger partial charge in [-0.05, 0) is 12.0 Å². The molecule has 3 rings (SSSR count). The lowest BCUT2D eigenvalue weighted by molar-refractivity contribution is -0.137. The fraction of sp³-hybridized carbons (Fsp3) is 0.500. The first-order valence-electron chi connectivity index (χ1n) is 9.41. The molecule has 2 aliphatic heterocycles. The van der Waals surface area contributed by atoms with E-state index in [4.69, 9.17) is 4.74 Å². The molecular weight excluding hydrogens is 346 g/mol. The molecule has 1 aromatic carbocycles. The molecule has 146 valence electrons. The van der Waals surface area contributed by atoms with Crippen molar-refractivity contribution in [2.45, 2.75) is 6.42 Å². The van der Waals surface area contributed by atoms with Crippen LogP contribution in [0.2, 0.25) is 0 Å². The maximum atomic E-state index is 13.0. The Kier molecular flexibility index (Phi) is 6.60. The van der Waals surface area contributed by atoms with Gasteiger partial charge in [-0.15, -0.1) is 0 Å². The third kappa shape index (κ3) is 4.37. The number of imide groups is 1. The average Bonchev–Trinajstić information content (AvgIpc) is 2.94. The van der Waals surface area contributed by atoms with Crippen molar-refractivity contribution in [1.29, 1.82) is 0 Å². The highest BCUT2D eigenvalue weighted by Crippen LogP contribution is 2.31. The maximum Gasteiger partial charge on any atom is 0.277 e. The van der Waals surface area contributed by atoms with Crippen LogP contribution in [-0.2, 0) is 14.3 Å². The summed E-state index contributed by atoms with van der Waals surface area (Å²) in [4.78, 5) is 31.3.